The van der Waals surface area contributed by atoms with Gasteiger partial charge in [-0.1, -0.05) is 6.07 Å². The van der Waals surface area contributed by atoms with Gasteiger partial charge in [0.15, 0.2) is 11.5 Å². The molecule has 1 atom stereocenters. The zero-order chi connectivity index (χ0) is 21.8. The first-order chi connectivity index (χ1) is 15.0. The number of carbonyl (C=O) groups is 2. The number of phenols is 1. The molecule has 9 heteroatoms. The molecular formula is C22H21N3O6. The highest BCUT2D eigenvalue weighted by molar-refractivity contribution is 6.00. The van der Waals surface area contributed by atoms with Crippen molar-refractivity contribution in [1.29, 1.82) is 0 Å². The molecular weight excluding hydrogens is 402 g/mol. The second-order valence-electron chi connectivity index (χ2n) is 6.91. The number of nitrogens with zero attached hydrogens (tertiary/aromatic N) is 1. The van der Waals surface area contributed by atoms with Gasteiger partial charge in [-0.15, -0.1) is 0 Å². The van der Waals surface area contributed by atoms with Gasteiger partial charge in [-0.2, -0.15) is 0 Å². The highest BCUT2D eigenvalue weighted by Crippen LogP contribution is 2.32. The summed E-state index contributed by atoms with van der Waals surface area (Å²) >= 11 is 0. The Labute approximate surface area is 177 Å². The smallest absolute Gasteiger partial charge is 0.255 e. The van der Waals surface area contributed by atoms with Crippen molar-refractivity contribution in [2.45, 2.75) is 12.6 Å². The number of amides is 2. The van der Waals surface area contributed by atoms with Crippen LogP contribution in [0.15, 0.2) is 60.9 Å². The molecule has 2 aromatic carbocycles. The summed E-state index contributed by atoms with van der Waals surface area (Å²) in [7, 11) is 0. The second kappa shape index (κ2) is 8.80. The van der Waals surface area contributed by atoms with Crippen molar-refractivity contribution in [3.8, 4) is 22.9 Å². The molecule has 31 heavy (non-hydrogen) atoms. The zero-order valence-electron chi connectivity index (χ0n) is 16.4. The van der Waals surface area contributed by atoms with E-state index in [1.807, 2.05) is 12.1 Å². The van der Waals surface area contributed by atoms with Crippen molar-refractivity contribution in [3.63, 3.8) is 0 Å². The van der Waals surface area contributed by atoms with E-state index in [0.29, 0.717) is 17.2 Å². The van der Waals surface area contributed by atoms with Gasteiger partial charge in [0.05, 0.1) is 12.2 Å². The van der Waals surface area contributed by atoms with E-state index in [2.05, 4.69) is 10.6 Å². The van der Waals surface area contributed by atoms with Gasteiger partial charge in [0.25, 0.3) is 5.91 Å². The first-order valence-corrected chi connectivity index (χ1v) is 9.59. The molecule has 4 rings (SSSR count). The summed E-state index contributed by atoms with van der Waals surface area (Å²) < 4.78 is 12.3. The number of aliphatic hydroxyl groups excluding tert-OH is 1. The van der Waals surface area contributed by atoms with Gasteiger partial charge in [-0.05, 0) is 48.0 Å². The lowest BCUT2D eigenvalue weighted by atomic mass is 10.1. The maximum Gasteiger partial charge on any atom is 0.255 e. The van der Waals surface area contributed by atoms with Gasteiger partial charge < -0.3 is 34.9 Å². The molecule has 1 aliphatic heterocycles. The lowest BCUT2D eigenvalue weighted by molar-refractivity contribution is -0.124. The van der Waals surface area contributed by atoms with Crippen LogP contribution in [0.1, 0.15) is 15.9 Å². The average Bonchev–Trinajstić information content (AvgIpc) is 3.47. The molecule has 0 saturated heterocycles. The van der Waals surface area contributed by atoms with E-state index in [4.69, 9.17) is 9.47 Å². The third-order valence-corrected chi connectivity index (χ3v) is 4.84. The molecule has 0 saturated carbocycles. The molecule has 160 valence electrons. The van der Waals surface area contributed by atoms with Crippen molar-refractivity contribution in [3.05, 3.63) is 72.1 Å². The van der Waals surface area contributed by atoms with Crippen LogP contribution in [0.5, 0.6) is 17.2 Å². The molecule has 0 aliphatic carbocycles. The second-order valence-corrected chi connectivity index (χ2v) is 6.91. The molecule has 4 N–H and O–H groups in total. The number of aromatic hydroxyl groups is 1. The summed E-state index contributed by atoms with van der Waals surface area (Å²) in [5.74, 6) is -0.237. The quantitative estimate of drug-likeness (QED) is 0.455. The first-order valence-electron chi connectivity index (χ1n) is 9.59. The van der Waals surface area contributed by atoms with Gasteiger partial charge >= 0.3 is 0 Å². The SMILES string of the molecule is O=C(NC(CO)C(=O)NCc1ccc2c(c1)OCO2)c1cc(-n2cccc2)ccc1O. The van der Waals surface area contributed by atoms with E-state index < -0.39 is 24.5 Å². The van der Waals surface area contributed by atoms with E-state index in [9.17, 15) is 19.8 Å². The minimum Gasteiger partial charge on any atom is -0.507 e. The molecule has 0 radical (unpaired) electrons. The number of carbonyl (C=O) groups excluding carboxylic acids is 2. The van der Waals surface area contributed by atoms with Crippen LogP contribution in [0.3, 0.4) is 0 Å². The van der Waals surface area contributed by atoms with Gasteiger partial charge in [0, 0.05) is 24.6 Å². The Bertz CT molecular complexity index is 1100. The Morgan fingerprint density at radius 1 is 1.06 bits per heavy atom. The molecule has 1 aliphatic rings. The standard InChI is InChI=1S/C22H21N3O6/c26-12-17(22(29)23-11-14-3-6-19-20(9-14)31-13-30-19)24-21(28)16-10-15(4-5-18(16)27)25-7-1-2-8-25/h1-10,17,26-27H,11-13H2,(H,23,29)(H,24,28). The number of aliphatic hydroxyl groups is 1. The van der Waals surface area contributed by atoms with Crippen LogP contribution in [0.2, 0.25) is 0 Å². The van der Waals surface area contributed by atoms with Crippen molar-refractivity contribution in [1.82, 2.24) is 15.2 Å². The number of nitrogens with one attached hydrogen (secondary N) is 2. The molecule has 0 fully saturated rings. The summed E-state index contributed by atoms with van der Waals surface area (Å²) in [5, 5.41) is 24.8. The van der Waals surface area contributed by atoms with Crippen LogP contribution in [0.25, 0.3) is 5.69 Å². The summed E-state index contributed by atoms with van der Waals surface area (Å²) in [6, 6.07) is 12.3. The molecule has 3 aromatic rings. The Morgan fingerprint density at radius 3 is 2.61 bits per heavy atom. The van der Waals surface area contributed by atoms with E-state index in [0.717, 1.165) is 5.56 Å². The molecule has 1 aromatic heterocycles. The highest BCUT2D eigenvalue weighted by Gasteiger charge is 2.23. The maximum atomic E-state index is 12.7. The Balaban J connectivity index is 1.40. The summed E-state index contributed by atoms with van der Waals surface area (Å²) in [6.07, 6.45) is 3.60. The summed E-state index contributed by atoms with van der Waals surface area (Å²) in [5.41, 5.74) is 1.44. The van der Waals surface area contributed by atoms with Crippen LogP contribution < -0.4 is 20.1 Å². The molecule has 9 nitrogen and oxygen atoms in total. The van der Waals surface area contributed by atoms with Crippen LogP contribution in [-0.4, -0.2) is 46.0 Å². The van der Waals surface area contributed by atoms with Crippen molar-refractivity contribution >= 4 is 11.8 Å². The molecule has 1 unspecified atom stereocenters. The number of ether oxygens (including phenoxy) is 2. The van der Waals surface area contributed by atoms with Crippen LogP contribution >= 0.6 is 0 Å². The van der Waals surface area contributed by atoms with Crippen molar-refractivity contribution < 1.29 is 29.3 Å². The third kappa shape index (κ3) is 4.46. The normalized spacial score (nSPS) is 12.9. The number of rotatable bonds is 7. The summed E-state index contributed by atoms with van der Waals surface area (Å²) in [4.78, 5) is 25.1. The van der Waals surface area contributed by atoms with Crippen molar-refractivity contribution in [2.75, 3.05) is 13.4 Å². The predicted octanol–water partition coefficient (Wildman–Crippen LogP) is 1.32. The molecule has 2 amide bonds. The Kier molecular flexibility index (Phi) is 5.76. The van der Waals surface area contributed by atoms with E-state index in [1.54, 1.807) is 41.2 Å². The van der Waals surface area contributed by atoms with Gasteiger partial charge in [-0.25, -0.2) is 0 Å². The topological polar surface area (TPSA) is 122 Å². The molecule has 0 spiro atoms. The fraction of sp³-hybridized carbons (Fsp3) is 0.182. The number of fused-ring (bicyclic) bond motifs is 1. The molecule has 0 bridgehead atoms. The summed E-state index contributed by atoms with van der Waals surface area (Å²) in [6.45, 7) is -0.269. The van der Waals surface area contributed by atoms with E-state index in [1.165, 1.54) is 12.1 Å². The number of hydrogen-bond donors (Lipinski definition) is 4. The van der Waals surface area contributed by atoms with E-state index >= 15 is 0 Å². The third-order valence-electron chi connectivity index (χ3n) is 4.84. The Hall–Kier alpha value is -3.98. The lowest BCUT2D eigenvalue weighted by Gasteiger charge is -2.17. The fourth-order valence-corrected chi connectivity index (χ4v) is 3.17. The van der Waals surface area contributed by atoms with Crippen LogP contribution in [-0.2, 0) is 11.3 Å². The predicted molar refractivity (Wildman–Crippen MR) is 110 cm³/mol. The Morgan fingerprint density at radius 2 is 1.84 bits per heavy atom. The lowest BCUT2D eigenvalue weighted by Crippen LogP contribution is -2.48. The number of benzene rings is 2. The van der Waals surface area contributed by atoms with Gasteiger partial charge in [0.1, 0.15) is 11.8 Å². The van der Waals surface area contributed by atoms with Gasteiger partial charge in [-0.3, -0.25) is 9.59 Å². The average molecular weight is 423 g/mol. The van der Waals surface area contributed by atoms with Gasteiger partial charge in [0.2, 0.25) is 12.7 Å². The molecule has 2 heterocycles. The van der Waals surface area contributed by atoms with E-state index in [-0.39, 0.29) is 24.7 Å². The number of phenolic OH excluding ortho intramolecular Hbond substituents is 1. The maximum absolute atomic E-state index is 12.7. The first kappa shape index (κ1) is 20.3. The minimum absolute atomic E-state index is 0.00628. The highest BCUT2D eigenvalue weighted by atomic mass is 16.7. The van der Waals surface area contributed by atoms with Crippen LogP contribution in [0, 0.1) is 0 Å². The van der Waals surface area contributed by atoms with Crippen molar-refractivity contribution in [2.24, 2.45) is 0 Å². The number of aromatic nitrogens is 1. The monoisotopic (exact) mass is 423 g/mol. The minimum atomic E-state index is -1.18. The van der Waals surface area contributed by atoms with Crippen LogP contribution in [0.4, 0.5) is 0 Å². The fourth-order valence-electron chi connectivity index (χ4n) is 3.17. The number of hydrogen-bond acceptors (Lipinski definition) is 6. The largest absolute Gasteiger partial charge is 0.507 e. The zero-order valence-corrected chi connectivity index (χ0v) is 16.4.